The van der Waals surface area contributed by atoms with Crippen LogP contribution in [0.2, 0.25) is 35.2 Å². The van der Waals surface area contributed by atoms with E-state index in [1.807, 2.05) is 116 Å². The Hall–Kier alpha value is -10.9. The zero-order valence-electron chi connectivity index (χ0n) is 78.1. The van der Waals surface area contributed by atoms with E-state index in [9.17, 15) is 25.3 Å². The zero-order chi connectivity index (χ0) is 99.0. The van der Waals surface area contributed by atoms with Crippen LogP contribution in [-0.4, -0.2) is 130 Å². The number of nitrogens with two attached hydrogens (primary N) is 5. The minimum Gasteiger partial charge on any atom is -0.368 e. The standard InChI is InChI=1S/C23H24ClN3.C23H28N4O2S.C22H25ClN4O2S.C21H22Cl2N4O2S.C14H12Cl3N3/c1-15-4-3-5-20(16(15)2)21-12-19(26-22(25)27-21)14-23(10-11-23)13-17-6-8-18(24)9-7-17;1-16-7-5-10-21(17(16)2)22-15-19(25-23(24)26-22)9-6-8-18-11-13-20(14-12-18)30(28,29)27(3)4;1-15-19(8-5-9-20(15)23)21-14-17(25-22(24)26-21)7-4-6-16-10-12-18(13-11-16)30(28,29)27(2)3;1-27(2)30(28,29)16-11-9-14(10-12-16)5-3-6-15-13-19(26-21(24)25-15)17-7-4-8-18(22)20(17)23;15-10-4-3-9(12(16)13(10)17)11-6-8(5-7-1-2-7)19-14(18)20-11/h3-9,12H,10-11,13-14H2,1-2H3,(H2,25,26,27);5,7,10-15H,6,8-9H2,1-4H3,(H2,24,25,26);5,8-14H,4,6-7H2,1-3H3,(H2,24,25,26);4,7-13H,3,5-6H2,1-2H3,(H2,24,25,26);3-4,6-7H,1-2,5H2,(H2,18,19,20). The number of hydrogen-bond acceptors (Lipinski definition) is 21. The van der Waals surface area contributed by atoms with Crippen LogP contribution in [0.1, 0.15) is 123 Å². The van der Waals surface area contributed by atoms with Crippen LogP contribution in [0.3, 0.4) is 0 Å². The Morgan fingerprint density at radius 1 is 0.314 bits per heavy atom. The molecule has 0 atom stereocenters. The summed E-state index contributed by atoms with van der Waals surface area (Å²) >= 11 is 42.9. The molecule has 137 heavy (non-hydrogen) atoms. The Morgan fingerprint density at radius 2 is 0.628 bits per heavy atom. The van der Waals surface area contributed by atoms with Gasteiger partial charge < -0.3 is 28.7 Å². The molecule has 0 spiro atoms. The zero-order valence-corrected chi connectivity index (χ0v) is 85.9. The summed E-state index contributed by atoms with van der Waals surface area (Å²) < 4.78 is 76.6. The highest BCUT2D eigenvalue weighted by Gasteiger charge is 2.43. The number of halogens is 7. The first-order valence-corrected chi connectivity index (χ1v) is 51.4. The molecule has 0 radical (unpaired) electrons. The summed E-state index contributed by atoms with van der Waals surface area (Å²) in [4.78, 5) is 44.6. The third-order valence-corrected chi connectivity index (χ3v) is 32.1. The Labute approximate surface area is 838 Å². The minimum absolute atomic E-state index is 0.178. The van der Waals surface area contributed by atoms with Gasteiger partial charge >= 0.3 is 0 Å². The molecule has 0 saturated heterocycles. The monoisotopic (exact) mass is 2040 g/mol. The van der Waals surface area contributed by atoms with Crippen molar-refractivity contribution in [3.8, 4) is 56.3 Å². The summed E-state index contributed by atoms with van der Waals surface area (Å²) in [6.07, 6.45) is 15.0. The van der Waals surface area contributed by atoms with Gasteiger partial charge in [0.1, 0.15) is 0 Å². The second-order valence-electron chi connectivity index (χ2n) is 34.7. The third-order valence-electron chi connectivity index (χ3n) is 23.8. The second kappa shape index (κ2) is 46.7. The molecule has 5 aromatic heterocycles. The van der Waals surface area contributed by atoms with Crippen LogP contribution in [-0.2, 0) is 87.9 Å². The highest BCUT2D eigenvalue weighted by atomic mass is 35.5. The predicted molar refractivity (Wildman–Crippen MR) is 558 cm³/mol. The van der Waals surface area contributed by atoms with Gasteiger partial charge in [-0.3, -0.25) is 0 Å². The number of anilines is 5. The summed E-state index contributed by atoms with van der Waals surface area (Å²) in [6.45, 7) is 10.4. The van der Waals surface area contributed by atoms with Crippen molar-refractivity contribution in [1.82, 2.24) is 62.8 Å². The molecule has 0 amide bonds. The molecule has 10 N–H and O–H groups in total. The summed E-state index contributed by atoms with van der Waals surface area (Å²) in [6, 6.07) is 66.0. The molecule has 9 aromatic carbocycles. The molecule has 24 nitrogen and oxygen atoms in total. The number of rotatable bonds is 29. The van der Waals surface area contributed by atoms with Gasteiger partial charge in [-0.25, -0.2) is 88.0 Å². The van der Waals surface area contributed by atoms with E-state index < -0.39 is 30.1 Å². The van der Waals surface area contributed by atoms with Crippen LogP contribution < -0.4 is 28.7 Å². The van der Waals surface area contributed by atoms with E-state index >= 15 is 0 Å². The molecule has 0 aliphatic heterocycles. The van der Waals surface area contributed by atoms with Gasteiger partial charge in [0.05, 0.1) is 68.3 Å². The number of nitrogen functional groups attached to an aromatic ring is 5. The molecule has 2 aliphatic rings. The SMILES string of the molecule is CN(C)S(=O)(=O)c1ccc(CCCc2cc(-c3cccc(Cl)c3Cl)nc(N)n2)cc1.Cc1c(Cl)cccc1-c1cc(CCCc2ccc(S(=O)(=O)N(C)C)cc2)nc(N)n1.Cc1cccc(-c2cc(CC3(Cc4ccc(Cl)cc4)CC3)nc(N)n2)c1C.Cc1cccc(-c2cc(CCCc3ccc(S(=O)(=O)N(C)C)cc3)nc(N)n2)c1C.Nc1nc(CC2CC2)cc(-c2ccc(Cl)c(Cl)c2Cl)n1. The van der Waals surface area contributed by atoms with E-state index in [0.29, 0.717) is 74.8 Å². The molecule has 34 heteroatoms. The number of benzene rings is 9. The van der Waals surface area contributed by atoms with Crippen LogP contribution in [0.5, 0.6) is 0 Å². The molecule has 716 valence electrons. The lowest BCUT2D eigenvalue weighted by atomic mass is 9.91. The molecule has 14 aromatic rings. The van der Waals surface area contributed by atoms with Crippen molar-refractivity contribution >= 4 is 141 Å². The maximum Gasteiger partial charge on any atom is 0.242 e. The van der Waals surface area contributed by atoms with E-state index in [1.165, 1.54) is 109 Å². The number of aryl methyl sites for hydroxylation is 8. The van der Waals surface area contributed by atoms with E-state index in [0.717, 1.165) is 166 Å². The van der Waals surface area contributed by atoms with Crippen molar-refractivity contribution in [2.45, 2.75) is 152 Å². The van der Waals surface area contributed by atoms with E-state index in [-0.39, 0.29) is 34.1 Å². The summed E-state index contributed by atoms with van der Waals surface area (Å²) in [5, 5.41) is 3.47. The van der Waals surface area contributed by atoms with Crippen molar-refractivity contribution in [1.29, 1.82) is 0 Å². The fraction of sp³-hybridized carbons (Fsp3) is 0.282. The molecule has 2 fully saturated rings. The Balaban J connectivity index is 0.000000155. The van der Waals surface area contributed by atoms with Gasteiger partial charge in [0.25, 0.3) is 0 Å². The molecule has 2 saturated carbocycles. The Kier molecular flexibility index (Phi) is 35.8. The third kappa shape index (κ3) is 28.5. The quantitative estimate of drug-likeness (QED) is 0.0272. The molecule has 0 bridgehead atoms. The lowest BCUT2D eigenvalue weighted by molar-refractivity contribution is 0.497. The van der Waals surface area contributed by atoms with Gasteiger partial charge in [0.15, 0.2) is 0 Å². The lowest BCUT2D eigenvalue weighted by Gasteiger charge is -2.16. The number of sulfonamides is 3. The normalized spacial score (nSPS) is 12.8. The first-order chi connectivity index (χ1) is 65.0. The van der Waals surface area contributed by atoms with Crippen molar-refractivity contribution in [2.75, 3.05) is 71.0 Å². The van der Waals surface area contributed by atoms with Gasteiger partial charge in [0.2, 0.25) is 59.8 Å². The predicted octanol–water partition coefficient (Wildman–Crippen LogP) is 22.5. The van der Waals surface area contributed by atoms with E-state index in [2.05, 4.69) is 126 Å². The first-order valence-electron chi connectivity index (χ1n) is 44.5. The highest BCUT2D eigenvalue weighted by molar-refractivity contribution is 7.89. The Morgan fingerprint density at radius 3 is 1.01 bits per heavy atom. The summed E-state index contributed by atoms with van der Waals surface area (Å²) in [5.41, 5.74) is 53.3. The molecule has 5 heterocycles. The second-order valence-corrected chi connectivity index (χ2v) is 44.0. The fourth-order valence-electron chi connectivity index (χ4n) is 15.4. The summed E-state index contributed by atoms with van der Waals surface area (Å²) in [7, 11) is -1.08. The lowest BCUT2D eigenvalue weighted by Crippen LogP contribution is -2.22. The average Bonchev–Trinajstić information content (AvgIpc) is 1.64. The fourth-order valence-corrected chi connectivity index (χ4v) is 19.4. The van der Waals surface area contributed by atoms with Gasteiger partial charge in [0, 0.05) is 109 Å². The molecule has 0 unspecified atom stereocenters. The van der Waals surface area contributed by atoms with Crippen LogP contribution in [0.25, 0.3) is 56.3 Å². The number of nitrogens with zero attached hydrogens (tertiary/aromatic N) is 13. The topological polar surface area (TPSA) is 371 Å². The Bertz CT molecular complexity index is 6570. The van der Waals surface area contributed by atoms with Gasteiger partial charge in [-0.1, -0.05) is 190 Å². The molecular formula is C103H111Cl7N18O6S3. The van der Waals surface area contributed by atoms with Gasteiger partial charge in [-0.05, 0) is 302 Å². The maximum absolute atomic E-state index is 12.2. The number of aromatic nitrogens is 10. The van der Waals surface area contributed by atoms with Crippen LogP contribution in [0, 0.1) is 46.0 Å². The minimum atomic E-state index is -3.42. The van der Waals surface area contributed by atoms with Crippen molar-refractivity contribution in [3.63, 3.8) is 0 Å². The average molecular weight is 2040 g/mol. The largest absolute Gasteiger partial charge is 0.368 e. The van der Waals surface area contributed by atoms with E-state index in [4.69, 9.17) is 110 Å². The van der Waals surface area contributed by atoms with Crippen molar-refractivity contribution in [2.24, 2.45) is 11.3 Å². The molecule has 2 aliphatic carbocycles. The van der Waals surface area contributed by atoms with Crippen LogP contribution in [0.15, 0.2) is 227 Å². The summed E-state index contributed by atoms with van der Waals surface area (Å²) in [5.74, 6) is 2.02. The van der Waals surface area contributed by atoms with E-state index in [1.54, 1.807) is 54.6 Å². The van der Waals surface area contributed by atoms with Crippen LogP contribution >= 0.6 is 81.2 Å². The molecular weight excluding hydrogens is 1930 g/mol. The highest BCUT2D eigenvalue weighted by Crippen LogP contribution is 2.51. The van der Waals surface area contributed by atoms with Crippen molar-refractivity contribution in [3.05, 3.63) is 326 Å². The smallest absolute Gasteiger partial charge is 0.242 e. The first kappa shape index (κ1) is 105. The van der Waals surface area contributed by atoms with Gasteiger partial charge in [-0.2, -0.15) is 0 Å². The maximum atomic E-state index is 12.2. The van der Waals surface area contributed by atoms with Crippen molar-refractivity contribution < 1.29 is 25.3 Å². The molecule has 16 rings (SSSR count). The number of hydrogen-bond donors (Lipinski definition) is 5. The van der Waals surface area contributed by atoms with Gasteiger partial charge in [-0.15, -0.1) is 0 Å². The van der Waals surface area contributed by atoms with Crippen LogP contribution in [0.4, 0.5) is 29.7 Å².